The lowest BCUT2D eigenvalue weighted by Crippen LogP contribution is -2.41. The van der Waals surface area contributed by atoms with Crippen LogP contribution in [0.1, 0.15) is 44.9 Å². The summed E-state index contributed by atoms with van der Waals surface area (Å²) in [5, 5.41) is 3.16. The third-order valence-corrected chi connectivity index (χ3v) is 3.72. The van der Waals surface area contributed by atoms with Crippen molar-refractivity contribution in [2.75, 3.05) is 13.1 Å². The number of piperidine rings is 1. The molecule has 1 heterocycles. The van der Waals surface area contributed by atoms with Gasteiger partial charge in [-0.2, -0.15) is 4.91 Å². The van der Waals surface area contributed by atoms with E-state index in [4.69, 9.17) is 0 Å². The van der Waals surface area contributed by atoms with Crippen molar-refractivity contribution in [2.45, 2.75) is 57.0 Å². The van der Waals surface area contributed by atoms with Crippen molar-refractivity contribution < 1.29 is 0 Å². The van der Waals surface area contributed by atoms with Crippen molar-refractivity contribution in [3.63, 3.8) is 0 Å². The Morgan fingerprint density at radius 2 is 1.57 bits per heavy atom. The minimum absolute atomic E-state index is 0.121. The van der Waals surface area contributed by atoms with Crippen LogP contribution in [0.25, 0.3) is 0 Å². The zero-order chi connectivity index (χ0) is 9.80. The summed E-state index contributed by atoms with van der Waals surface area (Å²) in [5.41, 5.74) is 0. The van der Waals surface area contributed by atoms with Gasteiger partial charge in [-0.05, 0) is 51.6 Å². The fourth-order valence-electron chi connectivity index (χ4n) is 2.81. The lowest BCUT2D eigenvalue weighted by atomic mass is 9.90. The van der Waals surface area contributed by atoms with Crippen molar-refractivity contribution in [1.82, 2.24) is 4.90 Å². The van der Waals surface area contributed by atoms with E-state index in [1.807, 2.05) is 0 Å². The highest BCUT2D eigenvalue weighted by Gasteiger charge is 2.26. The maximum absolute atomic E-state index is 10.4. The minimum Gasteiger partial charge on any atom is -0.300 e. The molecule has 1 aliphatic heterocycles. The third-order valence-electron chi connectivity index (χ3n) is 3.72. The van der Waals surface area contributed by atoms with Gasteiger partial charge in [0, 0.05) is 6.04 Å². The highest BCUT2D eigenvalue weighted by molar-refractivity contribution is 4.83. The number of nitroso groups, excluding NO2 is 1. The molecule has 0 aromatic rings. The van der Waals surface area contributed by atoms with Gasteiger partial charge in [-0.15, -0.1) is 0 Å². The van der Waals surface area contributed by atoms with Crippen LogP contribution < -0.4 is 0 Å². The van der Waals surface area contributed by atoms with Gasteiger partial charge in [0.15, 0.2) is 0 Å². The highest BCUT2D eigenvalue weighted by atomic mass is 16.3. The van der Waals surface area contributed by atoms with Gasteiger partial charge in [-0.3, -0.25) is 0 Å². The molecular weight excluding hydrogens is 176 g/mol. The molecule has 0 radical (unpaired) electrons. The van der Waals surface area contributed by atoms with E-state index in [1.165, 1.54) is 45.2 Å². The minimum atomic E-state index is 0.121. The molecule has 0 bridgehead atoms. The maximum atomic E-state index is 10.4. The predicted molar refractivity (Wildman–Crippen MR) is 57.3 cm³/mol. The van der Waals surface area contributed by atoms with E-state index in [1.54, 1.807) is 0 Å². The largest absolute Gasteiger partial charge is 0.300 e. The van der Waals surface area contributed by atoms with Crippen LogP contribution in [0.5, 0.6) is 0 Å². The Kier molecular flexibility index (Phi) is 3.51. The molecule has 0 unspecified atom stereocenters. The second-order valence-electron chi connectivity index (χ2n) is 4.66. The van der Waals surface area contributed by atoms with E-state index in [0.29, 0.717) is 0 Å². The Hall–Kier alpha value is -0.440. The molecule has 1 saturated heterocycles. The normalized spacial score (nSPS) is 35.4. The molecule has 0 aromatic carbocycles. The summed E-state index contributed by atoms with van der Waals surface area (Å²) in [6, 6.07) is 0.879. The summed E-state index contributed by atoms with van der Waals surface area (Å²) >= 11 is 0. The van der Waals surface area contributed by atoms with Crippen molar-refractivity contribution >= 4 is 0 Å². The van der Waals surface area contributed by atoms with Crippen LogP contribution in [0.3, 0.4) is 0 Å². The van der Waals surface area contributed by atoms with Crippen molar-refractivity contribution in [3.05, 3.63) is 4.91 Å². The molecular formula is C11H20N2O. The Morgan fingerprint density at radius 1 is 0.929 bits per heavy atom. The summed E-state index contributed by atoms with van der Waals surface area (Å²) < 4.78 is 0. The standard InChI is InChI=1S/C11H20N2O/c14-12-10-4-6-11(7-5-10)13-8-2-1-3-9-13/h10-11H,1-9H2. The first-order valence-corrected chi connectivity index (χ1v) is 5.96. The average Bonchev–Trinajstić information content (AvgIpc) is 2.30. The van der Waals surface area contributed by atoms with E-state index >= 15 is 0 Å². The number of nitrogens with zero attached hydrogens (tertiary/aromatic N) is 2. The lowest BCUT2D eigenvalue weighted by molar-refractivity contribution is 0.126. The summed E-state index contributed by atoms with van der Waals surface area (Å²) in [5.74, 6) is 0. The van der Waals surface area contributed by atoms with E-state index in [-0.39, 0.29) is 6.04 Å². The van der Waals surface area contributed by atoms with Crippen LogP contribution in [0.15, 0.2) is 5.18 Å². The smallest absolute Gasteiger partial charge is 0.0921 e. The van der Waals surface area contributed by atoms with Gasteiger partial charge >= 0.3 is 0 Å². The Balaban J connectivity index is 1.78. The SMILES string of the molecule is O=NC1CCC(N2CCCCC2)CC1. The summed E-state index contributed by atoms with van der Waals surface area (Å²) in [6.45, 7) is 2.56. The molecule has 0 spiro atoms. The molecule has 14 heavy (non-hydrogen) atoms. The molecule has 2 aliphatic rings. The Morgan fingerprint density at radius 3 is 2.14 bits per heavy atom. The molecule has 1 aliphatic carbocycles. The third kappa shape index (κ3) is 2.32. The van der Waals surface area contributed by atoms with Gasteiger partial charge in [0.2, 0.25) is 0 Å². The molecule has 0 atom stereocenters. The van der Waals surface area contributed by atoms with Crippen LogP contribution >= 0.6 is 0 Å². The first-order valence-electron chi connectivity index (χ1n) is 5.96. The zero-order valence-electron chi connectivity index (χ0n) is 8.82. The topological polar surface area (TPSA) is 32.7 Å². The fraction of sp³-hybridized carbons (Fsp3) is 1.00. The number of hydrogen-bond acceptors (Lipinski definition) is 3. The van der Waals surface area contributed by atoms with E-state index in [2.05, 4.69) is 10.1 Å². The van der Waals surface area contributed by atoms with Gasteiger partial charge in [-0.25, -0.2) is 0 Å². The van der Waals surface area contributed by atoms with Gasteiger partial charge < -0.3 is 4.90 Å². The van der Waals surface area contributed by atoms with E-state index in [0.717, 1.165) is 18.9 Å². The average molecular weight is 196 g/mol. The lowest BCUT2D eigenvalue weighted by Gasteiger charge is -2.37. The molecule has 0 amide bonds. The van der Waals surface area contributed by atoms with Crippen molar-refractivity contribution in [2.24, 2.45) is 5.18 Å². The fourth-order valence-corrected chi connectivity index (χ4v) is 2.81. The molecule has 0 N–H and O–H groups in total. The first kappa shape index (κ1) is 10.1. The van der Waals surface area contributed by atoms with Crippen molar-refractivity contribution in [1.29, 1.82) is 0 Å². The van der Waals surface area contributed by atoms with Gasteiger partial charge in [0.1, 0.15) is 0 Å². The van der Waals surface area contributed by atoms with Crippen LogP contribution in [-0.2, 0) is 0 Å². The van der Waals surface area contributed by atoms with Gasteiger partial charge in [-0.1, -0.05) is 11.6 Å². The molecule has 2 fully saturated rings. The Labute approximate surface area is 85.8 Å². The maximum Gasteiger partial charge on any atom is 0.0921 e. The Bertz CT molecular complexity index is 182. The summed E-state index contributed by atoms with van der Waals surface area (Å²) in [4.78, 5) is 13.0. The second-order valence-corrected chi connectivity index (χ2v) is 4.66. The summed E-state index contributed by atoms with van der Waals surface area (Å²) in [6.07, 6.45) is 8.56. The number of likely N-dealkylation sites (tertiary alicyclic amines) is 1. The summed E-state index contributed by atoms with van der Waals surface area (Å²) in [7, 11) is 0. The zero-order valence-corrected chi connectivity index (χ0v) is 8.82. The highest BCUT2D eigenvalue weighted by Crippen LogP contribution is 2.26. The number of rotatable bonds is 2. The van der Waals surface area contributed by atoms with Crippen LogP contribution in [0, 0.1) is 4.91 Å². The second kappa shape index (κ2) is 4.87. The van der Waals surface area contributed by atoms with Gasteiger partial charge in [0.05, 0.1) is 6.04 Å². The molecule has 1 saturated carbocycles. The number of hydrogen-bond donors (Lipinski definition) is 0. The molecule has 80 valence electrons. The molecule has 0 aromatic heterocycles. The molecule has 3 heteroatoms. The van der Waals surface area contributed by atoms with E-state index < -0.39 is 0 Å². The first-order chi connectivity index (χ1) is 6.90. The quantitative estimate of drug-likeness (QED) is 0.636. The van der Waals surface area contributed by atoms with Gasteiger partial charge in [0.25, 0.3) is 0 Å². The predicted octanol–water partition coefficient (Wildman–Crippen LogP) is 2.55. The van der Waals surface area contributed by atoms with Crippen LogP contribution in [0.4, 0.5) is 0 Å². The molecule has 3 nitrogen and oxygen atoms in total. The molecule has 2 rings (SSSR count). The van der Waals surface area contributed by atoms with E-state index in [9.17, 15) is 4.91 Å². The van der Waals surface area contributed by atoms with Crippen LogP contribution in [-0.4, -0.2) is 30.1 Å². The monoisotopic (exact) mass is 196 g/mol. The van der Waals surface area contributed by atoms with Crippen molar-refractivity contribution in [3.8, 4) is 0 Å². The van der Waals surface area contributed by atoms with Crippen LogP contribution in [0.2, 0.25) is 0 Å².